The van der Waals surface area contributed by atoms with E-state index < -0.39 is 0 Å². The van der Waals surface area contributed by atoms with E-state index in [1.54, 1.807) is 0 Å². The highest BCUT2D eigenvalue weighted by atomic mass is 16.1. The summed E-state index contributed by atoms with van der Waals surface area (Å²) < 4.78 is 0. The largest absolute Gasteiger partial charge is 0.303 e. The summed E-state index contributed by atoms with van der Waals surface area (Å²) in [6.07, 6.45) is 0.875. The second kappa shape index (κ2) is 9.80. The van der Waals surface area contributed by atoms with E-state index >= 15 is 0 Å². The summed E-state index contributed by atoms with van der Waals surface area (Å²) in [6.45, 7) is 4.53. The first-order valence-corrected chi connectivity index (χ1v) is 2.85. The van der Waals surface area contributed by atoms with Crippen LogP contribution in [-0.4, -0.2) is 31.8 Å². The van der Waals surface area contributed by atoms with E-state index in [9.17, 15) is 4.79 Å². The van der Waals surface area contributed by atoms with Crippen molar-refractivity contribution in [3.63, 3.8) is 0 Å². The van der Waals surface area contributed by atoms with Gasteiger partial charge in [-0.1, -0.05) is 13.8 Å². The normalized spacial score (nSPS) is 7.62. The molecule has 0 saturated heterocycles. The number of likely N-dealkylation sites (N-methyl/N-ethyl adjacent to an activating group) is 1. The van der Waals surface area contributed by atoms with Crippen LogP contribution in [0.3, 0.4) is 0 Å². The summed E-state index contributed by atoms with van der Waals surface area (Å²) in [4.78, 5) is 11.4. The number of nitrogens with zero attached hydrogens (tertiary/aromatic N) is 1. The Labute approximate surface area is 51.5 Å². The molecule has 0 rings (SSSR count). The lowest BCUT2D eigenvalue weighted by Gasteiger charge is -1.99. The number of carbonyl (C=O) groups is 1. The first kappa shape index (κ1) is 10.6. The lowest BCUT2D eigenvalue weighted by molar-refractivity contribution is -0.108. The molecule has 0 aromatic rings. The Hall–Kier alpha value is -0.370. The first-order chi connectivity index (χ1) is 3.77. The van der Waals surface area contributed by atoms with Gasteiger partial charge in [-0.2, -0.15) is 0 Å². The van der Waals surface area contributed by atoms with Crippen LogP contribution in [0, 0.1) is 0 Å². The summed E-state index contributed by atoms with van der Waals surface area (Å²) >= 11 is 0. The molecule has 0 fully saturated rings. The molecular weight excluding hydrogens is 102 g/mol. The minimum absolute atomic E-state index is 0.528. The van der Waals surface area contributed by atoms with Gasteiger partial charge in [0.05, 0.1) is 6.54 Å². The lowest BCUT2D eigenvalue weighted by Crippen LogP contribution is -2.13. The van der Waals surface area contributed by atoms with Crippen molar-refractivity contribution in [2.24, 2.45) is 0 Å². The maximum atomic E-state index is 9.57. The van der Waals surface area contributed by atoms with Crippen molar-refractivity contribution in [1.29, 1.82) is 0 Å². The number of rotatable bonds is 2. The second-order valence-corrected chi connectivity index (χ2v) is 1.43. The molecule has 0 aliphatic carbocycles. The van der Waals surface area contributed by atoms with Crippen LogP contribution in [0.1, 0.15) is 13.8 Å². The van der Waals surface area contributed by atoms with E-state index in [-0.39, 0.29) is 0 Å². The molecule has 8 heavy (non-hydrogen) atoms. The molecule has 0 aliphatic rings. The smallest absolute Gasteiger partial charge is 0.133 e. The Balaban J connectivity index is 0. The van der Waals surface area contributed by atoms with Crippen molar-refractivity contribution in [3.05, 3.63) is 0 Å². The van der Waals surface area contributed by atoms with Gasteiger partial charge in [-0.25, -0.2) is 0 Å². The predicted octanol–water partition coefficient (Wildman–Crippen LogP) is 0.773. The third-order valence-electron chi connectivity index (χ3n) is 0.440. The summed E-state index contributed by atoms with van der Waals surface area (Å²) in [5.74, 6) is 0. The van der Waals surface area contributed by atoms with Gasteiger partial charge in [0.15, 0.2) is 0 Å². The Bertz CT molecular complexity index is 43.8. The molecule has 0 heterocycles. The van der Waals surface area contributed by atoms with E-state index in [0.29, 0.717) is 6.54 Å². The van der Waals surface area contributed by atoms with E-state index in [1.165, 1.54) is 0 Å². The third-order valence-corrected chi connectivity index (χ3v) is 0.440. The van der Waals surface area contributed by atoms with Crippen molar-refractivity contribution >= 4 is 6.29 Å². The fraction of sp³-hybridized carbons (Fsp3) is 0.833. The highest BCUT2D eigenvalue weighted by molar-refractivity contribution is 5.51. The van der Waals surface area contributed by atoms with Crippen molar-refractivity contribution < 1.29 is 4.79 Å². The van der Waals surface area contributed by atoms with Crippen molar-refractivity contribution in [2.45, 2.75) is 13.8 Å². The lowest BCUT2D eigenvalue weighted by atomic mass is 10.7. The fourth-order valence-electron chi connectivity index (χ4n) is 0.149. The topological polar surface area (TPSA) is 20.3 Å². The number of aldehydes is 1. The van der Waals surface area contributed by atoms with Crippen LogP contribution in [0.25, 0.3) is 0 Å². The summed E-state index contributed by atoms with van der Waals surface area (Å²) in [6, 6.07) is 0. The van der Waals surface area contributed by atoms with Crippen LogP contribution in [0.5, 0.6) is 0 Å². The number of hydrogen-bond donors (Lipinski definition) is 0. The predicted molar refractivity (Wildman–Crippen MR) is 36.0 cm³/mol. The van der Waals surface area contributed by atoms with Crippen LogP contribution >= 0.6 is 0 Å². The Morgan fingerprint density at radius 2 is 1.75 bits per heavy atom. The van der Waals surface area contributed by atoms with Crippen LogP contribution in [0.2, 0.25) is 0 Å². The van der Waals surface area contributed by atoms with Gasteiger partial charge in [0.2, 0.25) is 0 Å². The van der Waals surface area contributed by atoms with Crippen LogP contribution < -0.4 is 0 Å². The highest BCUT2D eigenvalue weighted by Gasteiger charge is 1.79. The van der Waals surface area contributed by atoms with Gasteiger partial charge in [0.25, 0.3) is 0 Å². The molecule has 0 spiro atoms. The quantitative estimate of drug-likeness (QED) is 0.498. The molecule has 2 heteroatoms. The van der Waals surface area contributed by atoms with E-state index in [2.05, 4.69) is 0 Å². The minimum Gasteiger partial charge on any atom is -0.303 e. The molecule has 0 amide bonds. The molecule has 0 saturated carbocycles. The van der Waals surface area contributed by atoms with Crippen molar-refractivity contribution in [3.8, 4) is 0 Å². The molecule has 0 bridgehead atoms. The van der Waals surface area contributed by atoms with Crippen molar-refractivity contribution in [1.82, 2.24) is 4.90 Å². The average molecular weight is 117 g/mol. The maximum Gasteiger partial charge on any atom is 0.133 e. The Morgan fingerprint density at radius 3 is 1.75 bits per heavy atom. The van der Waals surface area contributed by atoms with Gasteiger partial charge in [-0.3, -0.25) is 0 Å². The molecule has 0 aromatic heterocycles. The molecule has 0 atom stereocenters. The van der Waals surface area contributed by atoms with E-state index in [1.807, 2.05) is 32.8 Å². The molecule has 2 nitrogen and oxygen atoms in total. The minimum atomic E-state index is 0.528. The first-order valence-electron chi connectivity index (χ1n) is 2.85. The molecule has 0 aliphatic heterocycles. The van der Waals surface area contributed by atoms with Gasteiger partial charge < -0.3 is 9.69 Å². The van der Waals surface area contributed by atoms with Crippen LogP contribution in [0.4, 0.5) is 0 Å². The van der Waals surface area contributed by atoms with Crippen molar-refractivity contribution in [2.75, 3.05) is 20.6 Å². The molecule has 0 radical (unpaired) electrons. The zero-order valence-corrected chi connectivity index (χ0v) is 6.14. The molecule has 0 N–H and O–H groups in total. The number of carbonyl (C=O) groups excluding carboxylic acids is 1. The molecule has 50 valence electrons. The van der Waals surface area contributed by atoms with Gasteiger partial charge in [0, 0.05) is 0 Å². The van der Waals surface area contributed by atoms with Gasteiger partial charge in [0.1, 0.15) is 6.29 Å². The summed E-state index contributed by atoms with van der Waals surface area (Å²) in [7, 11) is 3.71. The van der Waals surface area contributed by atoms with Crippen LogP contribution in [0.15, 0.2) is 0 Å². The monoisotopic (exact) mass is 117 g/mol. The zero-order chi connectivity index (χ0) is 6.99. The zero-order valence-electron chi connectivity index (χ0n) is 6.14. The van der Waals surface area contributed by atoms with Crippen LogP contribution in [-0.2, 0) is 4.79 Å². The van der Waals surface area contributed by atoms with E-state index in [0.717, 1.165) is 6.29 Å². The second-order valence-electron chi connectivity index (χ2n) is 1.43. The van der Waals surface area contributed by atoms with Gasteiger partial charge in [-0.15, -0.1) is 0 Å². The molecule has 0 aromatic carbocycles. The number of hydrogen-bond acceptors (Lipinski definition) is 2. The van der Waals surface area contributed by atoms with Gasteiger partial charge >= 0.3 is 0 Å². The highest BCUT2D eigenvalue weighted by Crippen LogP contribution is 1.62. The third kappa shape index (κ3) is 17.4. The molecular formula is C6H15NO. The summed E-state index contributed by atoms with van der Waals surface area (Å²) in [5.41, 5.74) is 0. The van der Waals surface area contributed by atoms with E-state index in [4.69, 9.17) is 0 Å². The Kier molecular flexibility index (Phi) is 13.0. The summed E-state index contributed by atoms with van der Waals surface area (Å²) in [5, 5.41) is 0. The molecule has 0 unspecified atom stereocenters. The average Bonchev–Trinajstić information content (AvgIpc) is 1.72. The standard InChI is InChI=1S/C4H9NO.C2H6/c1-5(2)3-4-6;1-2/h4H,3H2,1-2H3;1-2H3. The maximum absolute atomic E-state index is 9.57. The van der Waals surface area contributed by atoms with Gasteiger partial charge in [-0.05, 0) is 14.1 Å². The SMILES string of the molecule is CC.CN(C)CC=O. The Morgan fingerprint density at radius 1 is 1.38 bits per heavy atom. The fourth-order valence-corrected chi connectivity index (χ4v) is 0.149.